The van der Waals surface area contributed by atoms with Crippen molar-refractivity contribution >= 4 is 55.8 Å². The first kappa shape index (κ1) is 30.2. The highest BCUT2D eigenvalue weighted by Crippen LogP contribution is 2.35. The summed E-state index contributed by atoms with van der Waals surface area (Å²) in [4.78, 5) is 1.22. The first-order valence-corrected chi connectivity index (χ1v) is 16.9. The summed E-state index contributed by atoms with van der Waals surface area (Å²) in [5, 5.41) is 7.99. The van der Waals surface area contributed by atoms with Gasteiger partial charge in [-0.15, -0.1) is 11.8 Å². The Morgan fingerprint density at radius 1 is 0.622 bits per heavy atom. The summed E-state index contributed by atoms with van der Waals surface area (Å²) in [6, 6.07) is 47.4. The lowest BCUT2D eigenvalue weighted by Gasteiger charge is -2.16. The highest BCUT2D eigenvalue weighted by molar-refractivity contribution is 7.98. The summed E-state index contributed by atoms with van der Waals surface area (Å²) >= 11 is 1.72. The van der Waals surface area contributed by atoms with E-state index in [0.29, 0.717) is 0 Å². The minimum Gasteiger partial charge on any atom is -0.398 e. The van der Waals surface area contributed by atoms with Crippen LogP contribution in [-0.4, -0.2) is 6.26 Å². The molecule has 0 aromatic heterocycles. The normalized spacial score (nSPS) is 11.0. The number of benzene rings is 7. The molecule has 0 fully saturated rings. The lowest BCUT2D eigenvalue weighted by molar-refractivity contribution is 0.919. The summed E-state index contributed by atoms with van der Waals surface area (Å²) < 4.78 is 0. The number of fused-ring (bicyclic) bond motifs is 4. The Labute approximate surface area is 271 Å². The van der Waals surface area contributed by atoms with Gasteiger partial charge in [-0.3, -0.25) is 0 Å². The van der Waals surface area contributed by atoms with E-state index in [9.17, 15) is 0 Å². The zero-order valence-corrected chi connectivity index (χ0v) is 26.9. The minimum absolute atomic E-state index is 0.841. The molecule has 0 atom stereocenters. The molecule has 7 rings (SSSR count). The number of rotatable bonds is 7. The van der Waals surface area contributed by atoms with Gasteiger partial charge in [0.1, 0.15) is 0 Å². The van der Waals surface area contributed by atoms with Crippen molar-refractivity contribution in [2.75, 3.05) is 12.0 Å². The van der Waals surface area contributed by atoms with Crippen LogP contribution in [0.3, 0.4) is 0 Å². The minimum atomic E-state index is 0.841. The van der Waals surface area contributed by atoms with E-state index in [1.807, 2.05) is 36.4 Å². The molecule has 0 aliphatic heterocycles. The monoisotopic (exact) mass is 601 g/mol. The number of thioether (sulfide) groups is 1. The lowest BCUT2D eigenvalue weighted by Crippen LogP contribution is -1.98. The molecule has 45 heavy (non-hydrogen) atoms. The molecule has 0 saturated carbocycles. The summed E-state index contributed by atoms with van der Waals surface area (Å²) in [6.07, 6.45) is 7.25. The average Bonchev–Trinajstić information content (AvgIpc) is 3.09. The molecular formula is C43H39NS. The van der Waals surface area contributed by atoms with E-state index in [4.69, 9.17) is 5.73 Å². The van der Waals surface area contributed by atoms with Crippen LogP contribution in [-0.2, 0) is 12.8 Å². The molecule has 0 unspecified atom stereocenters. The quantitative estimate of drug-likeness (QED) is 0.112. The molecule has 222 valence electrons. The van der Waals surface area contributed by atoms with Crippen LogP contribution in [0.4, 0.5) is 5.69 Å². The fourth-order valence-corrected chi connectivity index (χ4v) is 7.17. The van der Waals surface area contributed by atoms with Crippen LogP contribution in [0.2, 0.25) is 0 Å². The van der Waals surface area contributed by atoms with Gasteiger partial charge in [0.05, 0.1) is 0 Å². The van der Waals surface area contributed by atoms with E-state index < -0.39 is 0 Å². The van der Waals surface area contributed by atoms with Gasteiger partial charge in [-0.25, -0.2) is 0 Å². The predicted octanol–water partition coefficient (Wildman–Crippen LogP) is 12.0. The van der Waals surface area contributed by atoms with Gasteiger partial charge >= 0.3 is 0 Å². The van der Waals surface area contributed by atoms with E-state index >= 15 is 0 Å². The van der Waals surface area contributed by atoms with Crippen molar-refractivity contribution in [3.05, 3.63) is 162 Å². The first-order chi connectivity index (χ1) is 22.1. The molecule has 2 N–H and O–H groups in total. The van der Waals surface area contributed by atoms with Crippen molar-refractivity contribution in [3.63, 3.8) is 0 Å². The Balaban J connectivity index is 0.000000200. The Hall–Kier alpha value is -4.79. The van der Waals surface area contributed by atoms with Crippen molar-refractivity contribution in [3.8, 4) is 11.1 Å². The maximum Gasteiger partial charge on any atom is 0.0405 e. The van der Waals surface area contributed by atoms with Gasteiger partial charge < -0.3 is 5.73 Å². The highest BCUT2D eigenvalue weighted by atomic mass is 32.2. The van der Waals surface area contributed by atoms with Crippen molar-refractivity contribution in [1.82, 2.24) is 0 Å². The SMILES string of the molecule is C=Cc1c(CCC)cc(Cc2cc3ccccc3c3ccccc23)c2ccccc12.CSc1cccc(N)c1-c1ccccc1. The lowest BCUT2D eigenvalue weighted by atomic mass is 9.88. The Morgan fingerprint density at radius 3 is 1.91 bits per heavy atom. The third kappa shape index (κ3) is 6.25. The zero-order valence-electron chi connectivity index (χ0n) is 26.1. The number of nitrogen functional groups attached to an aromatic ring is 1. The number of hydrogen-bond donors (Lipinski definition) is 1. The third-order valence-electron chi connectivity index (χ3n) is 8.56. The zero-order chi connectivity index (χ0) is 31.2. The molecule has 0 aliphatic rings. The van der Waals surface area contributed by atoms with E-state index in [1.165, 1.54) is 65.0 Å². The molecule has 0 saturated heterocycles. The largest absolute Gasteiger partial charge is 0.398 e. The molecule has 0 amide bonds. The molecule has 2 heteroatoms. The number of hydrogen-bond acceptors (Lipinski definition) is 2. The standard InChI is InChI=1S/C30H26.C13H13NS/c1-3-11-21-18-23(27-14-7-9-16-29(27)25(21)4-2)20-24-19-22-12-5-6-13-26(22)30-17-10-8-15-28(24)30;1-15-12-9-5-8-11(14)13(12)10-6-3-2-4-7-10/h4-10,12-19H,2-3,11,20H2,1H3;2-9H,14H2,1H3. The van der Waals surface area contributed by atoms with Crippen LogP contribution < -0.4 is 5.73 Å². The summed E-state index contributed by atoms with van der Waals surface area (Å²) in [6.45, 7) is 6.36. The van der Waals surface area contributed by atoms with Crippen molar-refractivity contribution in [2.45, 2.75) is 31.1 Å². The summed E-state index contributed by atoms with van der Waals surface area (Å²) in [5.74, 6) is 0. The molecule has 1 nitrogen and oxygen atoms in total. The fourth-order valence-electron chi connectivity index (χ4n) is 6.52. The third-order valence-corrected chi connectivity index (χ3v) is 9.34. The van der Waals surface area contributed by atoms with Gasteiger partial charge in [0.25, 0.3) is 0 Å². The first-order valence-electron chi connectivity index (χ1n) is 15.7. The molecule has 7 aromatic carbocycles. The van der Waals surface area contributed by atoms with Gasteiger partial charge in [-0.05, 0) is 91.4 Å². The second-order valence-electron chi connectivity index (χ2n) is 11.4. The second kappa shape index (κ2) is 13.9. The van der Waals surface area contributed by atoms with E-state index in [0.717, 1.165) is 30.5 Å². The number of aryl methyl sites for hydroxylation is 1. The number of anilines is 1. The van der Waals surface area contributed by atoms with Crippen LogP contribution in [0.25, 0.3) is 49.5 Å². The van der Waals surface area contributed by atoms with Crippen molar-refractivity contribution < 1.29 is 0 Å². The molecule has 0 radical (unpaired) electrons. The maximum absolute atomic E-state index is 6.02. The maximum atomic E-state index is 6.02. The van der Waals surface area contributed by atoms with Gasteiger partial charge in [0, 0.05) is 16.1 Å². The van der Waals surface area contributed by atoms with Gasteiger partial charge in [-0.2, -0.15) is 0 Å². The van der Waals surface area contributed by atoms with Crippen molar-refractivity contribution in [1.29, 1.82) is 0 Å². The van der Waals surface area contributed by atoms with E-state index in [1.54, 1.807) is 11.8 Å². The van der Waals surface area contributed by atoms with Crippen LogP contribution in [0.1, 0.15) is 35.6 Å². The molecule has 0 bridgehead atoms. The second-order valence-corrected chi connectivity index (χ2v) is 12.2. The van der Waals surface area contributed by atoms with Gasteiger partial charge in [0.2, 0.25) is 0 Å². The van der Waals surface area contributed by atoms with Gasteiger partial charge in [0.15, 0.2) is 0 Å². The summed E-state index contributed by atoms with van der Waals surface area (Å²) in [5.41, 5.74) is 14.7. The fraction of sp³-hybridized carbons (Fsp3) is 0.116. The number of nitrogens with two attached hydrogens (primary N) is 1. The molecule has 7 aromatic rings. The van der Waals surface area contributed by atoms with E-state index in [2.05, 4.69) is 123 Å². The highest BCUT2D eigenvalue weighted by Gasteiger charge is 2.13. The van der Waals surface area contributed by atoms with E-state index in [-0.39, 0.29) is 0 Å². The Kier molecular flexibility index (Phi) is 9.33. The molecule has 0 heterocycles. The van der Waals surface area contributed by atoms with Crippen LogP contribution in [0.5, 0.6) is 0 Å². The van der Waals surface area contributed by atoms with Gasteiger partial charge in [-0.1, -0.05) is 147 Å². The van der Waals surface area contributed by atoms with Crippen LogP contribution >= 0.6 is 11.8 Å². The smallest absolute Gasteiger partial charge is 0.0405 e. The molecule has 0 aliphatic carbocycles. The Bertz CT molecular complexity index is 2110. The predicted molar refractivity (Wildman–Crippen MR) is 200 cm³/mol. The van der Waals surface area contributed by atoms with Crippen LogP contribution in [0.15, 0.2) is 145 Å². The summed E-state index contributed by atoms with van der Waals surface area (Å²) in [7, 11) is 0. The topological polar surface area (TPSA) is 26.0 Å². The molecular weight excluding hydrogens is 563 g/mol. The van der Waals surface area contributed by atoms with Crippen molar-refractivity contribution in [2.24, 2.45) is 0 Å². The van der Waals surface area contributed by atoms with Crippen LogP contribution in [0, 0.1) is 0 Å². The molecule has 0 spiro atoms. The Morgan fingerprint density at radius 2 is 1.22 bits per heavy atom. The average molecular weight is 602 g/mol.